The number of benzene rings is 1. The minimum Gasteiger partial charge on any atom is -0.479 e. The van der Waals surface area contributed by atoms with Crippen LogP contribution in [0.25, 0.3) is 10.9 Å². The molecule has 0 saturated heterocycles. The van der Waals surface area contributed by atoms with E-state index < -0.39 is 23.2 Å². The van der Waals surface area contributed by atoms with Crippen molar-refractivity contribution in [2.75, 3.05) is 0 Å². The molecule has 106 valence electrons. The molecule has 1 atom stereocenters. The van der Waals surface area contributed by atoms with Gasteiger partial charge in [-0.1, -0.05) is 12.1 Å². The molecule has 1 unspecified atom stereocenters. The highest BCUT2D eigenvalue weighted by Gasteiger charge is 2.59. The van der Waals surface area contributed by atoms with E-state index in [0.717, 1.165) is 12.1 Å². The van der Waals surface area contributed by atoms with E-state index in [1.807, 2.05) is 0 Å². The molecule has 20 heavy (non-hydrogen) atoms. The van der Waals surface area contributed by atoms with E-state index in [2.05, 4.69) is 4.98 Å². The third kappa shape index (κ3) is 2.09. The van der Waals surface area contributed by atoms with Crippen molar-refractivity contribution in [3.05, 3.63) is 41.6 Å². The van der Waals surface area contributed by atoms with Gasteiger partial charge in [-0.25, -0.2) is 4.79 Å². The summed E-state index contributed by atoms with van der Waals surface area (Å²) in [6.07, 6.45) is -5.11. The molecule has 7 heteroatoms. The second kappa shape index (κ2) is 4.45. The summed E-state index contributed by atoms with van der Waals surface area (Å²) >= 11 is 0. The Kier molecular flexibility index (Phi) is 3.17. The second-order valence-corrected chi connectivity index (χ2v) is 4.47. The lowest BCUT2D eigenvalue weighted by Gasteiger charge is -2.27. The minimum absolute atomic E-state index is 0.397. The standard InChI is InChI=1S/C13H11F3N2O2/c1-7-2-3-8-6-9(4-5-10(8)18-7)12(17,11(19)20)13(14,15)16/h2-6H,17H2,1H3,(H,19,20). The van der Waals surface area contributed by atoms with Gasteiger partial charge in [-0.15, -0.1) is 0 Å². The number of aromatic nitrogens is 1. The molecule has 0 aliphatic heterocycles. The molecule has 1 heterocycles. The van der Waals surface area contributed by atoms with Crippen molar-refractivity contribution in [2.45, 2.75) is 18.6 Å². The van der Waals surface area contributed by atoms with Crippen molar-refractivity contribution in [2.24, 2.45) is 5.73 Å². The van der Waals surface area contributed by atoms with Crippen LogP contribution in [0.2, 0.25) is 0 Å². The summed E-state index contributed by atoms with van der Waals surface area (Å²) in [4.78, 5) is 15.1. The van der Waals surface area contributed by atoms with Crippen LogP contribution in [0.3, 0.4) is 0 Å². The number of fused-ring (bicyclic) bond motifs is 1. The molecule has 2 aromatic rings. The lowest BCUT2D eigenvalue weighted by atomic mass is 9.89. The first-order valence-electron chi connectivity index (χ1n) is 5.63. The highest BCUT2D eigenvalue weighted by Crippen LogP contribution is 2.37. The van der Waals surface area contributed by atoms with Crippen molar-refractivity contribution in [1.29, 1.82) is 0 Å². The van der Waals surface area contributed by atoms with Crippen LogP contribution in [0.4, 0.5) is 13.2 Å². The number of hydrogen-bond donors (Lipinski definition) is 2. The van der Waals surface area contributed by atoms with Crippen LogP contribution >= 0.6 is 0 Å². The lowest BCUT2D eigenvalue weighted by Crippen LogP contribution is -2.56. The van der Waals surface area contributed by atoms with E-state index in [1.54, 1.807) is 19.1 Å². The van der Waals surface area contributed by atoms with Gasteiger partial charge in [0, 0.05) is 11.1 Å². The molecule has 0 radical (unpaired) electrons. The van der Waals surface area contributed by atoms with Gasteiger partial charge in [0.2, 0.25) is 5.54 Å². The summed E-state index contributed by atoms with van der Waals surface area (Å²) in [5.74, 6) is -2.15. The van der Waals surface area contributed by atoms with Crippen molar-refractivity contribution >= 4 is 16.9 Å². The predicted molar refractivity (Wildman–Crippen MR) is 66.0 cm³/mol. The number of carboxylic acid groups (broad SMARTS) is 1. The van der Waals surface area contributed by atoms with E-state index in [1.165, 1.54) is 6.07 Å². The smallest absolute Gasteiger partial charge is 0.421 e. The Balaban J connectivity index is 2.67. The van der Waals surface area contributed by atoms with E-state index in [0.29, 0.717) is 16.6 Å². The molecule has 0 spiro atoms. The summed E-state index contributed by atoms with van der Waals surface area (Å²) in [7, 11) is 0. The Morgan fingerprint density at radius 1 is 1.25 bits per heavy atom. The number of halogens is 3. The predicted octanol–water partition coefficient (Wildman–Crippen LogP) is 2.34. The highest BCUT2D eigenvalue weighted by atomic mass is 19.4. The summed E-state index contributed by atoms with van der Waals surface area (Å²) in [6, 6.07) is 6.66. The van der Waals surface area contributed by atoms with Gasteiger partial charge < -0.3 is 10.8 Å². The summed E-state index contributed by atoms with van der Waals surface area (Å²) in [5, 5.41) is 9.27. The van der Waals surface area contributed by atoms with E-state index >= 15 is 0 Å². The normalized spacial score (nSPS) is 15.1. The molecule has 0 saturated carbocycles. The Morgan fingerprint density at radius 2 is 1.90 bits per heavy atom. The molecule has 1 aromatic heterocycles. The van der Waals surface area contributed by atoms with E-state index in [9.17, 15) is 18.0 Å². The average Bonchev–Trinajstić information content (AvgIpc) is 2.35. The summed E-state index contributed by atoms with van der Waals surface area (Å²) in [6.45, 7) is 1.74. The molecule has 0 amide bonds. The SMILES string of the molecule is Cc1ccc2cc(C(N)(C(=O)O)C(F)(F)F)ccc2n1. The maximum absolute atomic E-state index is 13.0. The Bertz CT molecular complexity index is 685. The van der Waals surface area contributed by atoms with E-state index in [-0.39, 0.29) is 0 Å². The fourth-order valence-electron chi connectivity index (χ4n) is 1.88. The topological polar surface area (TPSA) is 76.2 Å². The molecular formula is C13H11F3N2O2. The van der Waals surface area contributed by atoms with Gasteiger partial charge in [0.25, 0.3) is 0 Å². The molecule has 4 nitrogen and oxygen atoms in total. The Labute approximate surface area is 112 Å². The fourth-order valence-corrected chi connectivity index (χ4v) is 1.88. The van der Waals surface area contributed by atoms with Gasteiger partial charge in [-0.05, 0) is 30.7 Å². The van der Waals surface area contributed by atoms with Gasteiger partial charge in [0.1, 0.15) is 0 Å². The Hall–Kier alpha value is -2.15. The third-order valence-corrected chi connectivity index (χ3v) is 3.07. The maximum Gasteiger partial charge on any atom is 0.421 e. The first-order chi connectivity index (χ1) is 9.16. The van der Waals surface area contributed by atoms with Crippen molar-refractivity contribution in [3.8, 4) is 0 Å². The van der Waals surface area contributed by atoms with Crippen molar-refractivity contribution in [1.82, 2.24) is 4.98 Å². The van der Waals surface area contributed by atoms with E-state index in [4.69, 9.17) is 10.8 Å². The number of nitrogens with two attached hydrogens (primary N) is 1. The largest absolute Gasteiger partial charge is 0.479 e. The average molecular weight is 284 g/mol. The van der Waals surface area contributed by atoms with Crippen LogP contribution in [0, 0.1) is 6.92 Å². The van der Waals surface area contributed by atoms with Crippen LogP contribution in [-0.2, 0) is 10.3 Å². The van der Waals surface area contributed by atoms with Crippen molar-refractivity contribution in [3.63, 3.8) is 0 Å². The molecule has 2 rings (SSSR count). The third-order valence-electron chi connectivity index (χ3n) is 3.07. The molecule has 0 bridgehead atoms. The van der Waals surface area contributed by atoms with Gasteiger partial charge in [0.05, 0.1) is 5.52 Å². The molecule has 1 aromatic carbocycles. The van der Waals surface area contributed by atoms with Gasteiger partial charge in [-0.2, -0.15) is 13.2 Å². The number of alkyl halides is 3. The number of aliphatic carboxylic acids is 1. The Morgan fingerprint density at radius 3 is 2.45 bits per heavy atom. The van der Waals surface area contributed by atoms with Gasteiger partial charge in [0.15, 0.2) is 0 Å². The fraction of sp³-hybridized carbons (Fsp3) is 0.231. The molecule has 3 N–H and O–H groups in total. The zero-order valence-electron chi connectivity index (χ0n) is 10.4. The van der Waals surface area contributed by atoms with Crippen LogP contribution in [-0.4, -0.2) is 22.2 Å². The van der Waals surface area contributed by atoms with Gasteiger partial charge >= 0.3 is 12.1 Å². The summed E-state index contributed by atoms with van der Waals surface area (Å²) < 4.78 is 39.0. The first kappa shape index (κ1) is 14.3. The number of rotatable bonds is 2. The first-order valence-corrected chi connectivity index (χ1v) is 5.63. The van der Waals surface area contributed by atoms with Crippen LogP contribution in [0.15, 0.2) is 30.3 Å². The molecule has 0 aliphatic carbocycles. The van der Waals surface area contributed by atoms with Crippen LogP contribution in [0.5, 0.6) is 0 Å². The molecular weight excluding hydrogens is 273 g/mol. The monoisotopic (exact) mass is 284 g/mol. The summed E-state index contributed by atoms with van der Waals surface area (Å²) in [5.41, 5.74) is 2.33. The zero-order valence-corrected chi connectivity index (χ0v) is 10.4. The molecule has 0 aliphatic rings. The second-order valence-electron chi connectivity index (χ2n) is 4.47. The minimum atomic E-state index is -5.11. The zero-order chi connectivity index (χ0) is 15.1. The number of hydrogen-bond acceptors (Lipinski definition) is 3. The van der Waals surface area contributed by atoms with Crippen LogP contribution in [0.1, 0.15) is 11.3 Å². The maximum atomic E-state index is 13.0. The van der Waals surface area contributed by atoms with Crippen molar-refractivity contribution < 1.29 is 23.1 Å². The quantitative estimate of drug-likeness (QED) is 0.887. The lowest BCUT2D eigenvalue weighted by molar-refractivity contribution is -0.204. The van der Waals surface area contributed by atoms with Gasteiger partial charge in [-0.3, -0.25) is 4.98 Å². The number of pyridine rings is 1. The number of aryl methyl sites for hydroxylation is 1. The number of carbonyl (C=O) groups is 1. The molecule has 0 fully saturated rings. The number of nitrogens with zero attached hydrogens (tertiary/aromatic N) is 1. The highest BCUT2D eigenvalue weighted by molar-refractivity contribution is 5.86. The number of carboxylic acids is 1. The van der Waals surface area contributed by atoms with Crippen LogP contribution < -0.4 is 5.73 Å².